The predicted octanol–water partition coefficient (Wildman–Crippen LogP) is 2.55. The summed E-state index contributed by atoms with van der Waals surface area (Å²) < 4.78 is 6.80. The van der Waals surface area contributed by atoms with Crippen molar-refractivity contribution < 1.29 is 14.3 Å². The smallest absolute Gasteiger partial charge is 0.277 e. The molecule has 0 fully saturated rings. The Balaban J connectivity index is 1.71. The quantitative estimate of drug-likeness (QED) is 0.699. The van der Waals surface area contributed by atoms with Crippen molar-refractivity contribution >= 4 is 23.2 Å². The van der Waals surface area contributed by atoms with E-state index in [1.54, 1.807) is 29.1 Å². The van der Waals surface area contributed by atoms with Crippen molar-refractivity contribution in [2.45, 2.75) is 13.5 Å². The van der Waals surface area contributed by atoms with Gasteiger partial charge in [-0.1, -0.05) is 35.5 Å². The van der Waals surface area contributed by atoms with Crippen molar-refractivity contribution in [1.29, 1.82) is 0 Å². The number of nitrogens with one attached hydrogen (secondary N) is 2. The van der Waals surface area contributed by atoms with E-state index in [2.05, 4.69) is 20.9 Å². The zero-order valence-corrected chi connectivity index (χ0v) is 15.0. The lowest BCUT2D eigenvalue weighted by Crippen LogP contribution is -2.13. The van der Waals surface area contributed by atoms with Crippen molar-refractivity contribution in [3.63, 3.8) is 0 Å². The molecule has 0 saturated carbocycles. The highest BCUT2D eigenvalue weighted by Gasteiger charge is 2.13. The highest BCUT2D eigenvalue weighted by molar-refractivity contribution is 6.03. The second-order valence-electron chi connectivity index (χ2n) is 5.84. The minimum Gasteiger partial charge on any atom is -0.495 e. The molecule has 3 rings (SSSR count). The number of aromatic nitrogens is 3. The Morgan fingerprint density at radius 1 is 1.11 bits per heavy atom. The number of anilines is 2. The van der Waals surface area contributed by atoms with Gasteiger partial charge in [0.15, 0.2) is 5.69 Å². The number of carbonyl (C=O) groups is 2. The summed E-state index contributed by atoms with van der Waals surface area (Å²) in [5, 5.41) is 13.3. The number of rotatable bonds is 6. The third kappa shape index (κ3) is 4.69. The number of benzene rings is 2. The first-order valence-electron chi connectivity index (χ1n) is 8.26. The fourth-order valence-electron chi connectivity index (χ4n) is 2.52. The standard InChI is InChI=1S/C19H19N5O3/c1-13(25)20-16-10-15(8-9-18(16)27-2)21-19(26)17-12-24(23-22-17)11-14-6-4-3-5-7-14/h3-10,12H,11H2,1-2H3,(H,20,25)(H,21,26). The molecule has 1 heterocycles. The van der Waals surface area contributed by atoms with Crippen LogP contribution in [0, 0.1) is 0 Å². The third-order valence-electron chi connectivity index (χ3n) is 3.73. The fraction of sp³-hybridized carbons (Fsp3) is 0.158. The van der Waals surface area contributed by atoms with Gasteiger partial charge in [-0.3, -0.25) is 9.59 Å². The molecule has 0 aliphatic rings. The highest BCUT2D eigenvalue weighted by atomic mass is 16.5. The van der Waals surface area contributed by atoms with Gasteiger partial charge in [0.05, 0.1) is 25.5 Å². The van der Waals surface area contributed by atoms with Crippen LogP contribution in [-0.4, -0.2) is 33.9 Å². The van der Waals surface area contributed by atoms with Gasteiger partial charge in [0.25, 0.3) is 5.91 Å². The van der Waals surface area contributed by atoms with Crippen LogP contribution in [0.5, 0.6) is 5.75 Å². The largest absolute Gasteiger partial charge is 0.495 e. The molecule has 0 atom stereocenters. The lowest BCUT2D eigenvalue weighted by atomic mass is 10.2. The van der Waals surface area contributed by atoms with Gasteiger partial charge < -0.3 is 15.4 Å². The average molecular weight is 365 g/mol. The molecule has 0 saturated heterocycles. The molecule has 8 nitrogen and oxygen atoms in total. The molecule has 2 aromatic carbocycles. The number of ether oxygens (including phenoxy) is 1. The van der Waals surface area contributed by atoms with Gasteiger partial charge in [0.2, 0.25) is 5.91 Å². The molecule has 27 heavy (non-hydrogen) atoms. The Labute approximate surface area is 156 Å². The summed E-state index contributed by atoms with van der Waals surface area (Å²) >= 11 is 0. The Bertz CT molecular complexity index is 953. The van der Waals surface area contributed by atoms with E-state index in [4.69, 9.17) is 4.74 Å². The molecular formula is C19H19N5O3. The van der Waals surface area contributed by atoms with Gasteiger partial charge >= 0.3 is 0 Å². The minimum atomic E-state index is -0.395. The van der Waals surface area contributed by atoms with Gasteiger partial charge in [-0.15, -0.1) is 5.10 Å². The molecule has 0 aliphatic carbocycles. The van der Waals surface area contributed by atoms with E-state index >= 15 is 0 Å². The van der Waals surface area contributed by atoms with Crippen molar-refractivity contribution in [2.24, 2.45) is 0 Å². The molecule has 1 aromatic heterocycles. The highest BCUT2D eigenvalue weighted by Crippen LogP contribution is 2.28. The average Bonchev–Trinajstić information content (AvgIpc) is 3.11. The Kier molecular flexibility index (Phi) is 5.46. The number of amides is 2. The Hall–Kier alpha value is -3.68. The van der Waals surface area contributed by atoms with E-state index in [1.807, 2.05) is 30.3 Å². The van der Waals surface area contributed by atoms with Crippen LogP contribution in [0.1, 0.15) is 23.0 Å². The molecule has 8 heteroatoms. The molecule has 0 bridgehead atoms. The van der Waals surface area contributed by atoms with Crippen LogP contribution >= 0.6 is 0 Å². The Morgan fingerprint density at radius 2 is 1.89 bits per heavy atom. The lowest BCUT2D eigenvalue weighted by molar-refractivity contribution is -0.114. The van der Waals surface area contributed by atoms with Gasteiger partial charge in [-0.2, -0.15) is 0 Å². The third-order valence-corrected chi connectivity index (χ3v) is 3.73. The monoisotopic (exact) mass is 365 g/mol. The van der Waals surface area contributed by atoms with Crippen molar-refractivity contribution in [1.82, 2.24) is 15.0 Å². The molecule has 0 spiro atoms. The van der Waals surface area contributed by atoms with Gasteiger partial charge in [-0.25, -0.2) is 4.68 Å². The SMILES string of the molecule is COc1ccc(NC(=O)c2cn(Cc3ccccc3)nn2)cc1NC(C)=O. The summed E-state index contributed by atoms with van der Waals surface area (Å²) in [4.78, 5) is 23.7. The predicted molar refractivity (Wildman–Crippen MR) is 101 cm³/mol. The lowest BCUT2D eigenvalue weighted by Gasteiger charge is -2.11. The van der Waals surface area contributed by atoms with Crippen LogP contribution in [0.15, 0.2) is 54.7 Å². The first-order chi connectivity index (χ1) is 13.0. The van der Waals surface area contributed by atoms with Crippen molar-refractivity contribution in [3.8, 4) is 5.75 Å². The van der Waals surface area contributed by atoms with Crippen LogP contribution in [0.2, 0.25) is 0 Å². The van der Waals surface area contributed by atoms with Crippen LogP contribution in [-0.2, 0) is 11.3 Å². The summed E-state index contributed by atoms with van der Waals surface area (Å²) in [6, 6.07) is 14.7. The maximum absolute atomic E-state index is 12.4. The molecular weight excluding hydrogens is 346 g/mol. The number of nitrogens with zero attached hydrogens (tertiary/aromatic N) is 3. The number of carbonyl (C=O) groups excluding carboxylic acids is 2. The van der Waals surface area contributed by atoms with Gasteiger partial charge in [0.1, 0.15) is 5.75 Å². The maximum Gasteiger partial charge on any atom is 0.277 e. The van der Waals surface area contributed by atoms with E-state index in [1.165, 1.54) is 14.0 Å². The zero-order chi connectivity index (χ0) is 19.2. The summed E-state index contributed by atoms with van der Waals surface area (Å²) in [5.74, 6) is -0.133. The first kappa shape index (κ1) is 18.1. The summed E-state index contributed by atoms with van der Waals surface area (Å²) in [6.45, 7) is 1.92. The van der Waals surface area contributed by atoms with Crippen molar-refractivity contribution in [3.05, 3.63) is 66.0 Å². The molecule has 3 aromatic rings. The van der Waals surface area contributed by atoms with Crippen LogP contribution in [0.3, 0.4) is 0 Å². The summed E-state index contributed by atoms with van der Waals surface area (Å²) in [5.41, 5.74) is 2.23. The van der Waals surface area contributed by atoms with E-state index in [0.29, 0.717) is 23.7 Å². The number of methoxy groups -OCH3 is 1. The van der Waals surface area contributed by atoms with Gasteiger partial charge in [0, 0.05) is 12.6 Å². The van der Waals surface area contributed by atoms with Gasteiger partial charge in [-0.05, 0) is 23.8 Å². The molecule has 0 unspecified atom stereocenters. The van der Waals surface area contributed by atoms with Crippen molar-refractivity contribution in [2.75, 3.05) is 17.7 Å². The summed E-state index contributed by atoms with van der Waals surface area (Å²) in [7, 11) is 1.50. The first-order valence-corrected chi connectivity index (χ1v) is 8.26. The zero-order valence-electron chi connectivity index (χ0n) is 15.0. The topological polar surface area (TPSA) is 98.1 Å². The van der Waals surface area contributed by atoms with E-state index in [-0.39, 0.29) is 11.6 Å². The van der Waals surface area contributed by atoms with Crippen LogP contribution < -0.4 is 15.4 Å². The van der Waals surface area contributed by atoms with Crippen LogP contribution in [0.25, 0.3) is 0 Å². The summed E-state index contributed by atoms with van der Waals surface area (Å²) in [6.07, 6.45) is 1.58. The number of hydrogen-bond acceptors (Lipinski definition) is 5. The fourth-order valence-corrected chi connectivity index (χ4v) is 2.52. The molecule has 138 valence electrons. The Morgan fingerprint density at radius 3 is 2.59 bits per heavy atom. The van der Waals surface area contributed by atoms with E-state index < -0.39 is 5.91 Å². The maximum atomic E-state index is 12.4. The molecule has 2 N–H and O–H groups in total. The number of hydrogen-bond donors (Lipinski definition) is 2. The minimum absolute atomic E-state index is 0.197. The second kappa shape index (κ2) is 8.13. The molecule has 2 amide bonds. The van der Waals surface area contributed by atoms with Crippen LogP contribution in [0.4, 0.5) is 11.4 Å². The molecule has 0 aliphatic heterocycles. The van der Waals surface area contributed by atoms with E-state index in [9.17, 15) is 9.59 Å². The normalized spacial score (nSPS) is 10.3. The second-order valence-corrected chi connectivity index (χ2v) is 5.84. The molecule has 0 radical (unpaired) electrons. The van der Waals surface area contributed by atoms with E-state index in [0.717, 1.165) is 5.56 Å².